The monoisotopic (exact) mass is 199 g/mol. The summed E-state index contributed by atoms with van der Waals surface area (Å²) >= 11 is 0. The predicted molar refractivity (Wildman–Crippen MR) is 50.8 cm³/mol. The van der Waals surface area contributed by atoms with E-state index in [0.717, 1.165) is 19.4 Å². The van der Waals surface area contributed by atoms with Gasteiger partial charge in [0.15, 0.2) is 0 Å². The molecule has 1 heterocycles. The first-order valence-electron chi connectivity index (χ1n) is 5.22. The number of aliphatic carboxylic acids is 1. The quantitative estimate of drug-likeness (QED) is 0.683. The van der Waals surface area contributed by atoms with Crippen LogP contribution >= 0.6 is 0 Å². The van der Waals surface area contributed by atoms with E-state index in [1.807, 2.05) is 0 Å². The molecule has 1 aliphatic heterocycles. The Morgan fingerprint density at radius 2 is 2.21 bits per heavy atom. The van der Waals surface area contributed by atoms with Crippen LogP contribution < -0.4 is 5.73 Å². The van der Waals surface area contributed by atoms with Crippen molar-refractivity contribution in [2.75, 3.05) is 13.2 Å². The Balaban J connectivity index is 2.07. The number of rotatable bonds is 2. The summed E-state index contributed by atoms with van der Waals surface area (Å²) in [5, 5.41) is 9.24. The van der Waals surface area contributed by atoms with Gasteiger partial charge in [-0.25, -0.2) is 0 Å². The molecule has 0 bridgehead atoms. The maximum atomic E-state index is 11.2. The largest absolute Gasteiger partial charge is 0.481 e. The summed E-state index contributed by atoms with van der Waals surface area (Å²) in [6.45, 7) is 1.37. The minimum Gasteiger partial charge on any atom is -0.481 e. The van der Waals surface area contributed by atoms with Crippen LogP contribution in [-0.2, 0) is 9.53 Å². The fourth-order valence-electron chi connectivity index (χ4n) is 2.74. The predicted octanol–water partition coefficient (Wildman–Crippen LogP) is 0.605. The Morgan fingerprint density at radius 3 is 2.64 bits per heavy atom. The molecule has 0 radical (unpaired) electrons. The number of carboxylic acid groups (broad SMARTS) is 1. The van der Waals surface area contributed by atoms with Crippen LogP contribution in [0.4, 0.5) is 0 Å². The first-order valence-corrected chi connectivity index (χ1v) is 5.22. The fraction of sp³-hybridized carbons (Fsp3) is 0.900. The van der Waals surface area contributed by atoms with Gasteiger partial charge in [-0.3, -0.25) is 4.79 Å². The van der Waals surface area contributed by atoms with Crippen LogP contribution in [0.1, 0.15) is 25.7 Å². The van der Waals surface area contributed by atoms with E-state index in [4.69, 9.17) is 10.5 Å². The van der Waals surface area contributed by atoms with Crippen molar-refractivity contribution in [1.29, 1.82) is 0 Å². The van der Waals surface area contributed by atoms with Crippen molar-refractivity contribution in [3.05, 3.63) is 0 Å². The van der Waals surface area contributed by atoms with E-state index in [1.165, 1.54) is 0 Å². The van der Waals surface area contributed by atoms with E-state index in [1.54, 1.807) is 0 Å². The molecule has 0 aromatic rings. The molecule has 0 spiro atoms. The molecule has 2 aliphatic rings. The Kier molecular flexibility index (Phi) is 2.49. The summed E-state index contributed by atoms with van der Waals surface area (Å²) in [6.07, 6.45) is 3.20. The second-order valence-electron chi connectivity index (χ2n) is 4.54. The Morgan fingerprint density at radius 1 is 1.50 bits per heavy atom. The molecule has 0 aromatic heterocycles. The molecule has 2 rings (SSSR count). The summed E-state index contributed by atoms with van der Waals surface area (Å²) in [4.78, 5) is 11.2. The molecule has 2 fully saturated rings. The molecule has 0 aromatic carbocycles. The highest BCUT2D eigenvalue weighted by molar-refractivity contribution is 5.76. The zero-order chi connectivity index (χ0) is 10.2. The van der Waals surface area contributed by atoms with Crippen molar-refractivity contribution in [2.45, 2.75) is 31.7 Å². The standard InChI is InChI=1S/C10H17NO3/c11-8-4-10(5-8,9(12)13)7-2-1-3-14-6-7/h7-8H,1-6,11H2,(H,12,13). The van der Waals surface area contributed by atoms with E-state index < -0.39 is 11.4 Å². The van der Waals surface area contributed by atoms with Crippen LogP contribution in [0.2, 0.25) is 0 Å². The number of nitrogens with two attached hydrogens (primary N) is 1. The number of carboxylic acids is 1. The van der Waals surface area contributed by atoms with E-state index in [2.05, 4.69) is 0 Å². The third-order valence-corrected chi connectivity index (χ3v) is 3.62. The van der Waals surface area contributed by atoms with Crippen molar-refractivity contribution in [1.82, 2.24) is 0 Å². The smallest absolute Gasteiger partial charge is 0.310 e. The zero-order valence-corrected chi connectivity index (χ0v) is 8.24. The third kappa shape index (κ3) is 1.42. The third-order valence-electron chi connectivity index (χ3n) is 3.62. The van der Waals surface area contributed by atoms with Gasteiger partial charge in [-0.1, -0.05) is 0 Å². The molecule has 1 unspecified atom stereocenters. The molecular weight excluding hydrogens is 182 g/mol. The molecule has 1 saturated heterocycles. The maximum Gasteiger partial charge on any atom is 0.310 e. The highest BCUT2D eigenvalue weighted by atomic mass is 16.5. The van der Waals surface area contributed by atoms with Gasteiger partial charge < -0.3 is 15.6 Å². The molecule has 4 nitrogen and oxygen atoms in total. The van der Waals surface area contributed by atoms with Gasteiger partial charge in [0.1, 0.15) is 0 Å². The summed E-state index contributed by atoms with van der Waals surface area (Å²) in [5.74, 6) is -0.511. The SMILES string of the molecule is NC1CC(C(=O)O)(C2CCCOC2)C1. The second-order valence-corrected chi connectivity index (χ2v) is 4.54. The summed E-state index contributed by atoms with van der Waals surface area (Å²) in [6, 6.07) is 0.0769. The normalized spacial score (nSPS) is 42.9. The van der Waals surface area contributed by atoms with Gasteiger partial charge in [-0.15, -0.1) is 0 Å². The first-order chi connectivity index (χ1) is 6.65. The topological polar surface area (TPSA) is 72.6 Å². The zero-order valence-electron chi connectivity index (χ0n) is 8.24. The molecule has 80 valence electrons. The second kappa shape index (κ2) is 3.51. The van der Waals surface area contributed by atoms with E-state index in [-0.39, 0.29) is 12.0 Å². The summed E-state index contributed by atoms with van der Waals surface area (Å²) in [7, 11) is 0. The molecule has 14 heavy (non-hydrogen) atoms. The molecule has 1 saturated carbocycles. The van der Waals surface area contributed by atoms with Crippen LogP contribution in [0.5, 0.6) is 0 Å². The number of hydrogen-bond donors (Lipinski definition) is 2. The van der Waals surface area contributed by atoms with Gasteiger partial charge in [-0.05, 0) is 31.6 Å². The van der Waals surface area contributed by atoms with Crippen molar-refractivity contribution < 1.29 is 14.6 Å². The lowest BCUT2D eigenvalue weighted by molar-refractivity contribution is -0.166. The van der Waals surface area contributed by atoms with E-state index >= 15 is 0 Å². The number of hydrogen-bond acceptors (Lipinski definition) is 3. The lowest BCUT2D eigenvalue weighted by atomic mass is 9.57. The van der Waals surface area contributed by atoms with Gasteiger partial charge >= 0.3 is 5.97 Å². The van der Waals surface area contributed by atoms with Crippen LogP contribution in [0.3, 0.4) is 0 Å². The lowest BCUT2D eigenvalue weighted by Crippen LogP contribution is -2.56. The van der Waals surface area contributed by atoms with Gasteiger partial charge in [0, 0.05) is 12.6 Å². The van der Waals surface area contributed by atoms with Gasteiger partial charge in [0.05, 0.1) is 12.0 Å². The molecule has 1 aliphatic carbocycles. The molecular formula is C10H17NO3. The van der Waals surface area contributed by atoms with E-state index in [9.17, 15) is 9.90 Å². The van der Waals surface area contributed by atoms with Gasteiger partial charge in [-0.2, -0.15) is 0 Å². The van der Waals surface area contributed by atoms with Gasteiger partial charge in [0.25, 0.3) is 0 Å². The highest BCUT2D eigenvalue weighted by Crippen LogP contribution is 2.49. The summed E-state index contributed by atoms with van der Waals surface area (Å²) < 4.78 is 5.35. The molecule has 1 atom stereocenters. The number of ether oxygens (including phenoxy) is 1. The first kappa shape index (κ1) is 9.93. The lowest BCUT2D eigenvalue weighted by Gasteiger charge is -2.48. The maximum absolute atomic E-state index is 11.2. The average Bonchev–Trinajstić information content (AvgIpc) is 2.13. The molecule has 3 N–H and O–H groups in total. The van der Waals surface area contributed by atoms with Crippen LogP contribution in [0.25, 0.3) is 0 Å². The minimum absolute atomic E-state index is 0.0769. The van der Waals surface area contributed by atoms with Crippen LogP contribution in [0, 0.1) is 11.3 Å². The van der Waals surface area contributed by atoms with Crippen molar-refractivity contribution in [3.63, 3.8) is 0 Å². The van der Waals surface area contributed by atoms with Gasteiger partial charge in [0.2, 0.25) is 0 Å². The van der Waals surface area contributed by atoms with Crippen molar-refractivity contribution in [2.24, 2.45) is 17.1 Å². The minimum atomic E-state index is -0.685. The number of carbonyl (C=O) groups is 1. The Bertz CT molecular complexity index is 230. The summed E-state index contributed by atoms with van der Waals surface area (Å²) in [5.41, 5.74) is 5.12. The average molecular weight is 199 g/mol. The molecule has 0 amide bonds. The van der Waals surface area contributed by atoms with Crippen LogP contribution in [-0.4, -0.2) is 30.3 Å². The van der Waals surface area contributed by atoms with Crippen molar-refractivity contribution in [3.8, 4) is 0 Å². The van der Waals surface area contributed by atoms with Crippen molar-refractivity contribution >= 4 is 5.97 Å². The fourth-order valence-corrected chi connectivity index (χ4v) is 2.74. The molecule has 4 heteroatoms. The Hall–Kier alpha value is -0.610. The Labute approximate surface area is 83.4 Å². The van der Waals surface area contributed by atoms with E-state index in [0.29, 0.717) is 19.4 Å². The van der Waals surface area contributed by atoms with Crippen LogP contribution in [0.15, 0.2) is 0 Å². The highest BCUT2D eigenvalue weighted by Gasteiger charge is 2.54.